The Labute approximate surface area is 312 Å². The molecule has 2 N–H and O–H groups in total. The number of nitrogens with one attached hydrogen (secondary N) is 2. The molecule has 2 atom stereocenters. The van der Waals surface area contributed by atoms with Crippen LogP contribution in [0.1, 0.15) is 143 Å². The molecule has 286 valence electrons. The molecule has 1 aromatic carbocycles. The Kier molecular flexibility index (Phi) is 8.97. The van der Waals surface area contributed by atoms with Gasteiger partial charge in [-0.15, -0.1) is 0 Å². The van der Waals surface area contributed by atoms with Crippen molar-refractivity contribution in [1.29, 1.82) is 0 Å². The number of aromatic nitrogens is 4. The molecule has 0 radical (unpaired) electrons. The average molecular weight is 762 g/mol. The van der Waals surface area contributed by atoms with Gasteiger partial charge in [0.15, 0.2) is 5.78 Å². The fourth-order valence-electron chi connectivity index (χ4n) is 8.20. The summed E-state index contributed by atoms with van der Waals surface area (Å²) < 4.78 is 83.1. The molecule has 55 heavy (non-hydrogen) atoms. The van der Waals surface area contributed by atoms with Crippen LogP contribution in [-0.2, 0) is 23.7 Å². The molecule has 8 nitrogen and oxygen atoms in total. The Bertz CT molecular complexity index is 2470. The van der Waals surface area contributed by atoms with Crippen molar-refractivity contribution < 1.29 is 40.7 Å². The molecular weight excluding hydrogens is 724 g/mol. The molecule has 4 aliphatic rings. The predicted molar refractivity (Wildman–Crippen MR) is 195 cm³/mol. The average Bonchev–Trinajstić information content (AvgIpc) is 3.78. The number of hydrogen-bond acceptors (Lipinski definition) is 5. The van der Waals surface area contributed by atoms with E-state index in [0.29, 0.717) is 86.3 Å². The van der Waals surface area contributed by atoms with E-state index < -0.39 is 47.4 Å². The van der Waals surface area contributed by atoms with Crippen LogP contribution in [0.3, 0.4) is 0 Å². The Morgan fingerprint density at radius 3 is 1.96 bits per heavy atom. The third kappa shape index (κ3) is 6.15. The van der Waals surface area contributed by atoms with Crippen molar-refractivity contribution >= 4 is 50.9 Å². The van der Waals surface area contributed by atoms with Crippen LogP contribution in [0.25, 0.3) is 33.3 Å². The number of benzene rings is 1. The van der Waals surface area contributed by atoms with Crippen LogP contribution in [0.5, 0.6) is 0 Å². The predicted octanol–water partition coefficient (Wildman–Crippen LogP) is 10.3. The molecule has 0 fully saturated rings. The van der Waals surface area contributed by atoms with Crippen molar-refractivity contribution in [3.63, 3.8) is 0 Å². The van der Waals surface area contributed by atoms with Gasteiger partial charge >= 0.3 is 12.4 Å². The minimum atomic E-state index is -5.13. The molecule has 4 aliphatic heterocycles. The lowest BCUT2D eigenvalue weighted by Crippen LogP contribution is -2.40. The molecule has 2 aromatic heterocycles. The molecule has 3 aromatic rings. The standard InChI is InChI=1S/C41H37F6N5O3/c1-8-25-17(3)27-15-32-33(21(7)53)19(5)29(49-32)13-28-18(4)26(9-2)36(50-28)35-37-34(20(6)30(51-37)14-31(25)48-27)38(54)52(39(35)55)16-22-10-23(40(42,43)44)12-24(11-22)41(45,46)47/h10-15,18,26,50-51H,8-9,16H2,1-7H3/t18-,26-/m0/s1. The fourth-order valence-corrected chi connectivity index (χ4v) is 8.20. The maximum Gasteiger partial charge on any atom is 0.416 e. The summed E-state index contributed by atoms with van der Waals surface area (Å²) in [7, 11) is 0. The van der Waals surface area contributed by atoms with Crippen molar-refractivity contribution in [3.8, 4) is 0 Å². The number of imide groups is 1. The molecule has 14 heteroatoms. The number of aryl methyl sites for hydroxylation is 1. The van der Waals surface area contributed by atoms with Gasteiger partial charge < -0.3 is 9.97 Å². The van der Waals surface area contributed by atoms with E-state index in [-0.39, 0.29) is 40.3 Å². The Morgan fingerprint density at radius 2 is 1.38 bits per heavy atom. The van der Waals surface area contributed by atoms with Crippen molar-refractivity contribution in [2.24, 2.45) is 0 Å². The third-order valence-corrected chi connectivity index (χ3v) is 11.1. The molecule has 6 heterocycles. The van der Waals surface area contributed by atoms with Crippen molar-refractivity contribution in [2.75, 3.05) is 0 Å². The van der Waals surface area contributed by atoms with Gasteiger partial charge in [0.25, 0.3) is 11.8 Å². The normalized spacial score (nSPS) is 18.1. The van der Waals surface area contributed by atoms with Gasteiger partial charge in [0.1, 0.15) is 0 Å². The van der Waals surface area contributed by atoms with E-state index in [1.165, 1.54) is 6.92 Å². The van der Waals surface area contributed by atoms with Gasteiger partial charge in [0.05, 0.1) is 57.1 Å². The molecule has 8 bridgehead atoms. The van der Waals surface area contributed by atoms with E-state index in [0.717, 1.165) is 11.1 Å². The number of hydrogen-bond donors (Lipinski definition) is 2. The largest absolute Gasteiger partial charge is 0.416 e. The number of carbonyl (C=O) groups excluding carboxylic acids is 3. The van der Waals surface area contributed by atoms with Gasteiger partial charge in [0.2, 0.25) is 0 Å². The van der Waals surface area contributed by atoms with Crippen molar-refractivity contribution in [2.45, 2.75) is 92.0 Å². The monoisotopic (exact) mass is 761 g/mol. The lowest BCUT2D eigenvalue weighted by molar-refractivity contribution is -0.143. The maximum absolute atomic E-state index is 14.7. The van der Waals surface area contributed by atoms with Crippen LogP contribution in [-0.4, -0.2) is 42.4 Å². The fraction of sp³-hybridized carbons (Fsp3) is 0.341. The zero-order valence-electron chi connectivity index (χ0n) is 31.1. The maximum atomic E-state index is 14.7. The minimum Gasteiger partial charge on any atom is -0.361 e. The Morgan fingerprint density at radius 1 is 0.782 bits per heavy atom. The Balaban J connectivity index is 1.57. The molecule has 0 unspecified atom stereocenters. The Hall–Kier alpha value is -5.53. The first kappa shape index (κ1) is 37.8. The molecular formula is C41H37F6N5O3. The number of alkyl halides is 6. The van der Waals surface area contributed by atoms with Gasteiger partial charge in [-0.1, -0.05) is 20.8 Å². The van der Waals surface area contributed by atoms with E-state index in [4.69, 9.17) is 9.97 Å². The number of nitrogens with zero attached hydrogens (tertiary/aromatic N) is 3. The lowest BCUT2D eigenvalue weighted by atomic mass is 9.86. The second kappa shape index (κ2) is 13.1. The number of allylic oxidation sites excluding steroid dienone is 4. The highest BCUT2D eigenvalue weighted by atomic mass is 19.4. The van der Waals surface area contributed by atoms with E-state index in [1.54, 1.807) is 26.0 Å². The number of amides is 2. The van der Waals surface area contributed by atoms with Gasteiger partial charge in [-0.2, -0.15) is 26.3 Å². The van der Waals surface area contributed by atoms with E-state index in [1.807, 2.05) is 33.8 Å². The zero-order valence-corrected chi connectivity index (χ0v) is 31.1. The van der Waals surface area contributed by atoms with Crippen LogP contribution in [0.2, 0.25) is 0 Å². The summed E-state index contributed by atoms with van der Waals surface area (Å²) in [5.41, 5.74) is 3.67. The lowest BCUT2D eigenvalue weighted by Gasteiger charge is -2.27. The molecule has 0 spiro atoms. The number of Topliss-reactive ketones (excluding diaryl/α,β-unsaturated/α-hetero) is 1. The van der Waals surface area contributed by atoms with Crippen LogP contribution < -0.4 is 0 Å². The van der Waals surface area contributed by atoms with Crippen LogP contribution in [0.15, 0.2) is 36.4 Å². The topological polar surface area (TPSA) is 112 Å². The number of H-pyrrole nitrogens is 2. The van der Waals surface area contributed by atoms with Crippen molar-refractivity contribution in [3.05, 3.63) is 104 Å². The molecule has 2 amide bonds. The quantitative estimate of drug-likeness (QED) is 0.199. The molecule has 0 saturated heterocycles. The first-order valence-electron chi connectivity index (χ1n) is 17.9. The second-order valence-electron chi connectivity index (χ2n) is 14.4. The number of ketones is 1. The summed E-state index contributed by atoms with van der Waals surface area (Å²) in [4.78, 5) is 59.2. The molecule has 7 rings (SSSR count). The number of fused-ring (bicyclic) bond motifs is 8. The highest BCUT2D eigenvalue weighted by Gasteiger charge is 2.42. The smallest absolute Gasteiger partial charge is 0.361 e. The summed E-state index contributed by atoms with van der Waals surface area (Å²) in [6.45, 7) is 11.8. The first-order chi connectivity index (χ1) is 25.7. The SMILES string of the molecule is CCC1=C(C)c2cc3nc(cc4[nH]c(c5c6[nH]c(cc1n2)c(C)c6C(=O)N(Cc1cc(C(F)(F)F)cc(C(F)(F)F)c1)C5=O)[C@@H](CC)[C@@H]4C)C(C)=C3C(C)=O. The van der Waals surface area contributed by atoms with Crippen LogP contribution >= 0.6 is 0 Å². The number of aromatic amines is 2. The van der Waals surface area contributed by atoms with Crippen LogP contribution in [0.4, 0.5) is 26.3 Å². The summed E-state index contributed by atoms with van der Waals surface area (Å²) >= 11 is 0. The van der Waals surface area contributed by atoms with Gasteiger partial charge in [-0.3, -0.25) is 19.3 Å². The summed E-state index contributed by atoms with van der Waals surface area (Å²) in [6.07, 6.45) is -9.15. The number of halogens is 6. The highest BCUT2D eigenvalue weighted by molar-refractivity contribution is 6.27. The summed E-state index contributed by atoms with van der Waals surface area (Å²) in [5.74, 6) is -2.48. The second-order valence-corrected chi connectivity index (χ2v) is 14.4. The highest BCUT2D eigenvalue weighted by Crippen LogP contribution is 2.45. The van der Waals surface area contributed by atoms with Crippen molar-refractivity contribution in [1.82, 2.24) is 24.8 Å². The van der Waals surface area contributed by atoms with Gasteiger partial charge in [-0.05, 0) is 105 Å². The summed E-state index contributed by atoms with van der Waals surface area (Å²) in [6, 6.07) is 6.42. The minimum absolute atomic E-state index is 0.00654. The van der Waals surface area contributed by atoms with E-state index in [2.05, 4.69) is 9.97 Å². The van der Waals surface area contributed by atoms with Gasteiger partial charge in [0, 0.05) is 34.3 Å². The van der Waals surface area contributed by atoms with Gasteiger partial charge in [-0.25, -0.2) is 9.97 Å². The third-order valence-electron chi connectivity index (χ3n) is 11.1. The number of rotatable bonds is 5. The first-order valence-corrected chi connectivity index (χ1v) is 17.9. The molecule has 0 aliphatic carbocycles. The summed E-state index contributed by atoms with van der Waals surface area (Å²) in [5, 5.41) is 0. The van der Waals surface area contributed by atoms with E-state index >= 15 is 0 Å². The van der Waals surface area contributed by atoms with Crippen LogP contribution in [0, 0.1) is 6.92 Å². The number of carbonyl (C=O) groups is 3. The van der Waals surface area contributed by atoms with E-state index in [9.17, 15) is 40.7 Å². The zero-order chi connectivity index (χ0) is 40.0. The molecule has 0 saturated carbocycles.